The molecule has 3 atom stereocenters. The molecule has 2 rings (SSSR count). The van der Waals surface area contributed by atoms with Gasteiger partial charge in [0.15, 0.2) is 0 Å². The first-order valence-corrected chi connectivity index (χ1v) is 4.36. The molecular formula is C9H14ClNO2. The van der Waals surface area contributed by atoms with E-state index in [9.17, 15) is 4.79 Å². The number of nitrogens with two attached hydrogens (primary N) is 1. The molecule has 1 fully saturated rings. The Morgan fingerprint density at radius 1 is 1.62 bits per heavy atom. The molecule has 2 unspecified atom stereocenters. The summed E-state index contributed by atoms with van der Waals surface area (Å²) in [5, 5.41) is 8.67. The average molecular weight is 204 g/mol. The zero-order chi connectivity index (χ0) is 8.72. The lowest BCUT2D eigenvalue weighted by atomic mass is 9.94. The van der Waals surface area contributed by atoms with E-state index in [4.69, 9.17) is 10.8 Å². The number of carbonyl (C=O) groups is 1. The van der Waals surface area contributed by atoms with Crippen molar-refractivity contribution >= 4 is 18.4 Å². The highest BCUT2D eigenvalue weighted by atomic mass is 35.5. The van der Waals surface area contributed by atoms with Crippen molar-refractivity contribution in [3.63, 3.8) is 0 Å². The van der Waals surface area contributed by atoms with Crippen molar-refractivity contribution in [2.45, 2.75) is 25.3 Å². The van der Waals surface area contributed by atoms with Gasteiger partial charge in [-0.1, -0.05) is 6.08 Å². The van der Waals surface area contributed by atoms with Crippen molar-refractivity contribution in [3.05, 3.63) is 11.6 Å². The largest absolute Gasteiger partial charge is 0.480 e. The Labute approximate surface area is 83.4 Å². The second kappa shape index (κ2) is 3.68. The van der Waals surface area contributed by atoms with E-state index in [1.54, 1.807) is 0 Å². The van der Waals surface area contributed by atoms with Crippen LogP contribution in [0.1, 0.15) is 19.3 Å². The van der Waals surface area contributed by atoms with Crippen LogP contribution in [0.25, 0.3) is 0 Å². The van der Waals surface area contributed by atoms with Crippen LogP contribution < -0.4 is 5.73 Å². The maximum Gasteiger partial charge on any atom is 0.324 e. The molecule has 13 heavy (non-hydrogen) atoms. The molecule has 0 aliphatic heterocycles. The van der Waals surface area contributed by atoms with Crippen LogP contribution in [0.5, 0.6) is 0 Å². The molecule has 0 heterocycles. The lowest BCUT2D eigenvalue weighted by molar-refractivity contribution is -0.137. The summed E-state index contributed by atoms with van der Waals surface area (Å²) >= 11 is 0. The number of carboxylic acid groups (broad SMARTS) is 1. The quantitative estimate of drug-likeness (QED) is 0.663. The van der Waals surface area contributed by atoms with E-state index in [-0.39, 0.29) is 12.4 Å². The van der Waals surface area contributed by atoms with Gasteiger partial charge in [-0.05, 0) is 36.7 Å². The first kappa shape index (κ1) is 10.5. The maximum atomic E-state index is 10.6. The van der Waals surface area contributed by atoms with Gasteiger partial charge in [0.05, 0.1) is 0 Å². The van der Waals surface area contributed by atoms with E-state index in [2.05, 4.69) is 0 Å². The summed E-state index contributed by atoms with van der Waals surface area (Å²) in [6.45, 7) is 0. The van der Waals surface area contributed by atoms with E-state index in [1.165, 1.54) is 6.42 Å². The van der Waals surface area contributed by atoms with Crippen molar-refractivity contribution in [1.29, 1.82) is 0 Å². The molecule has 74 valence electrons. The highest BCUT2D eigenvalue weighted by Gasteiger charge is 2.40. The van der Waals surface area contributed by atoms with Crippen LogP contribution in [0.15, 0.2) is 11.6 Å². The van der Waals surface area contributed by atoms with E-state index >= 15 is 0 Å². The third-order valence-electron chi connectivity index (χ3n) is 2.92. The fraction of sp³-hybridized carbons (Fsp3) is 0.667. The second-order valence-corrected chi connectivity index (χ2v) is 3.79. The molecule has 2 aliphatic carbocycles. The highest BCUT2D eigenvalue weighted by Crippen LogP contribution is 2.49. The Hall–Kier alpha value is -0.540. The summed E-state index contributed by atoms with van der Waals surface area (Å²) in [5.74, 6) is 0.686. The molecule has 2 aliphatic rings. The summed E-state index contributed by atoms with van der Waals surface area (Å²) in [7, 11) is 0. The maximum absolute atomic E-state index is 10.6. The van der Waals surface area contributed by atoms with Gasteiger partial charge in [0.1, 0.15) is 6.04 Å². The average Bonchev–Trinajstić information content (AvgIpc) is 2.79. The van der Waals surface area contributed by atoms with Crippen LogP contribution in [0.3, 0.4) is 0 Å². The van der Waals surface area contributed by atoms with Crippen molar-refractivity contribution < 1.29 is 9.90 Å². The molecule has 0 aromatic heterocycles. The number of hydrogen-bond acceptors (Lipinski definition) is 2. The number of halogens is 1. The molecule has 4 heteroatoms. The lowest BCUT2D eigenvalue weighted by Crippen LogP contribution is -2.33. The summed E-state index contributed by atoms with van der Waals surface area (Å²) in [6.07, 6.45) is 5.25. The van der Waals surface area contributed by atoms with Gasteiger partial charge in [-0.15, -0.1) is 12.4 Å². The minimum absolute atomic E-state index is 0. The Bertz CT molecular complexity index is 252. The molecule has 0 aromatic rings. The van der Waals surface area contributed by atoms with Gasteiger partial charge in [-0.25, -0.2) is 0 Å². The van der Waals surface area contributed by atoms with Gasteiger partial charge in [0.25, 0.3) is 0 Å². The summed E-state index contributed by atoms with van der Waals surface area (Å²) in [6, 6.07) is -0.758. The predicted molar refractivity (Wildman–Crippen MR) is 51.8 cm³/mol. The zero-order valence-corrected chi connectivity index (χ0v) is 8.09. The molecule has 0 spiro atoms. The Balaban J connectivity index is 0.000000845. The van der Waals surface area contributed by atoms with E-state index < -0.39 is 12.0 Å². The van der Waals surface area contributed by atoms with Crippen LogP contribution in [-0.2, 0) is 4.79 Å². The summed E-state index contributed by atoms with van der Waals surface area (Å²) < 4.78 is 0. The van der Waals surface area contributed by atoms with Gasteiger partial charge in [-0.3, -0.25) is 4.79 Å². The minimum atomic E-state index is -0.902. The Morgan fingerprint density at radius 2 is 2.31 bits per heavy atom. The van der Waals surface area contributed by atoms with Crippen LogP contribution >= 0.6 is 12.4 Å². The highest BCUT2D eigenvalue weighted by molar-refractivity contribution is 5.85. The minimum Gasteiger partial charge on any atom is -0.480 e. The third-order valence-corrected chi connectivity index (χ3v) is 2.92. The fourth-order valence-corrected chi connectivity index (χ4v) is 1.95. The van der Waals surface area contributed by atoms with Gasteiger partial charge in [-0.2, -0.15) is 0 Å². The number of fused-ring (bicyclic) bond motifs is 1. The van der Waals surface area contributed by atoms with E-state index in [0.717, 1.165) is 30.3 Å². The van der Waals surface area contributed by atoms with Crippen molar-refractivity contribution in [2.24, 2.45) is 17.6 Å². The van der Waals surface area contributed by atoms with Gasteiger partial charge in [0.2, 0.25) is 0 Å². The monoisotopic (exact) mass is 203 g/mol. The lowest BCUT2D eigenvalue weighted by Gasteiger charge is -2.15. The number of aliphatic carboxylic acids is 1. The zero-order valence-electron chi connectivity index (χ0n) is 7.27. The van der Waals surface area contributed by atoms with Crippen LogP contribution in [0, 0.1) is 11.8 Å². The first-order valence-electron chi connectivity index (χ1n) is 4.36. The molecular weight excluding hydrogens is 190 g/mol. The third kappa shape index (κ3) is 2.03. The second-order valence-electron chi connectivity index (χ2n) is 3.79. The number of hydrogen-bond donors (Lipinski definition) is 2. The number of rotatable bonds is 2. The normalized spacial score (nSPS) is 32.2. The summed E-state index contributed by atoms with van der Waals surface area (Å²) in [4.78, 5) is 10.6. The van der Waals surface area contributed by atoms with Gasteiger partial charge >= 0.3 is 5.97 Å². The van der Waals surface area contributed by atoms with Crippen LogP contribution in [0.4, 0.5) is 0 Å². The molecule has 1 saturated carbocycles. The van der Waals surface area contributed by atoms with Crippen molar-refractivity contribution in [3.8, 4) is 0 Å². The molecule has 0 aromatic carbocycles. The molecule has 0 amide bonds. The smallest absolute Gasteiger partial charge is 0.324 e. The fourth-order valence-electron chi connectivity index (χ4n) is 1.95. The van der Waals surface area contributed by atoms with Crippen molar-refractivity contribution in [2.75, 3.05) is 0 Å². The van der Waals surface area contributed by atoms with Crippen LogP contribution in [-0.4, -0.2) is 17.1 Å². The SMILES string of the molecule is Cl.N[C@@H](C(=O)O)C1=CCC2CC2C1. The molecule has 3 nitrogen and oxygen atoms in total. The number of carboxylic acids is 1. The first-order chi connectivity index (χ1) is 5.68. The molecule has 0 saturated heterocycles. The Morgan fingerprint density at radius 3 is 2.85 bits per heavy atom. The topological polar surface area (TPSA) is 63.3 Å². The van der Waals surface area contributed by atoms with E-state index in [1.807, 2.05) is 6.08 Å². The van der Waals surface area contributed by atoms with Gasteiger partial charge < -0.3 is 10.8 Å². The molecule has 0 radical (unpaired) electrons. The van der Waals surface area contributed by atoms with Crippen LogP contribution in [0.2, 0.25) is 0 Å². The summed E-state index contributed by atoms with van der Waals surface area (Å²) in [5.41, 5.74) is 6.44. The molecule has 3 N–H and O–H groups in total. The van der Waals surface area contributed by atoms with E-state index in [0.29, 0.717) is 0 Å². The number of allylic oxidation sites excluding steroid dienone is 1. The van der Waals surface area contributed by atoms with Gasteiger partial charge in [0, 0.05) is 0 Å². The Kier molecular flexibility index (Phi) is 2.98. The predicted octanol–water partition coefficient (Wildman–Crippen LogP) is 1.18. The van der Waals surface area contributed by atoms with Crippen molar-refractivity contribution in [1.82, 2.24) is 0 Å². The standard InChI is InChI=1S/C9H13NO2.ClH/c10-8(9(11)12)6-2-1-5-3-7(5)4-6;/h2,5,7-8H,1,3-4,10H2,(H,11,12);1H/t5?,7?,8-;/m1./s1. The molecule has 0 bridgehead atoms.